The Bertz CT molecular complexity index is 1160. The van der Waals surface area contributed by atoms with Crippen LogP contribution in [0.1, 0.15) is 23.3 Å². The van der Waals surface area contributed by atoms with Crippen molar-refractivity contribution < 1.29 is 0 Å². The lowest BCUT2D eigenvalue weighted by atomic mass is 10.3. The van der Waals surface area contributed by atoms with E-state index in [4.69, 9.17) is 11.5 Å². The zero-order chi connectivity index (χ0) is 25.8. The summed E-state index contributed by atoms with van der Waals surface area (Å²) in [6.45, 7) is 7.42. The molecule has 4 rings (SSSR count). The minimum atomic E-state index is 0.528. The van der Waals surface area contributed by atoms with E-state index in [0.717, 1.165) is 28.8 Å². The molecule has 0 spiro atoms. The molecule has 0 aliphatic heterocycles. The second-order valence-electron chi connectivity index (χ2n) is 7.38. The average molecular weight is 476 g/mol. The molecule has 0 amide bonds. The standard InChI is InChI=1S/C12H16N6.C6H9N3.C6H8N2/c1-8-15-11(14-3)18-12(16-8)17-10-6-4-5-9(7-10)13-2;1-4-7-5(2)9-6(3)8-4;7-5-2-1-3-6(8)4-5/h4-7,13H,1-3H3,(H2,14,15,16,17,18);1-3H3;1-4H,7-8H2. The predicted molar refractivity (Wildman–Crippen MR) is 143 cm³/mol. The monoisotopic (exact) mass is 475 g/mol. The van der Waals surface area contributed by atoms with Gasteiger partial charge in [0.05, 0.1) is 0 Å². The van der Waals surface area contributed by atoms with Crippen LogP contribution in [0, 0.1) is 27.7 Å². The van der Waals surface area contributed by atoms with Gasteiger partial charge in [-0.05, 0) is 64.1 Å². The lowest BCUT2D eigenvalue weighted by Gasteiger charge is -2.08. The molecule has 7 N–H and O–H groups in total. The van der Waals surface area contributed by atoms with Crippen molar-refractivity contribution in [3.8, 4) is 0 Å². The van der Waals surface area contributed by atoms with Gasteiger partial charge in [-0.1, -0.05) is 12.1 Å². The third-order valence-corrected chi connectivity index (χ3v) is 4.26. The van der Waals surface area contributed by atoms with Crippen molar-refractivity contribution in [2.45, 2.75) is 27.7 Å². The molecule has 0 saturated heterocycles. The van der Waals surface area contributed by atoms with E-state index in [-0.39, 0.29) is 0 Å². The Kier molecular flexibility index (Phi) is 10.1. The highest BCUT2D eigenvalue weighted by atomic mass is 15.2. The van der Waals surface area contributed by atoms with E-state index in [1.807, 2.05) is 65.1 Å². The van der Waals surface area contributed by atoms with Crippen LogP contribution in [0.5, 0.6) is 0 Å². The summed E-state index contributed by atoms with van der Waals surface area (Å²) >= 11 is 0. The highest BCUT2D eigenvalue weighted by Crippen LogP contribution is 2.18. The topological polar surface area (TPSA) is 165 Å². The van der Waals surface area contributed by atoms with E-state index in [1.54, 1.807) is 25.2 Å². The molecule has 2 heterocycles. The van der Waals surface area contributed by atoms with E-state index in [1.165, 1.54) is 0 Å². The number of hydrogen-bond acceptors (Lipinski definition) is 11. The van der Waals surface area contributed by atoms with Crippen LogP contribution in [0.4, 0.5) is 34.6 Å². The number of nitrogen functional groups attached to an aromatic ring is 2. The van der Waals surface area contributed by atoms with Crippen LogP contribution < -0.4 is 27.4 Å². The number of aryl methyl sites for hydroxylation is 4. The number of rotatable bonds is 4. The van der Waals surface area contributed by atoms with Crippen molar-refractivity contribution in [3.63, 3.8) is 0 Å². The molecular weight excluding hydrogens is 442 g/mol. The van der Waals surface area contributed by atoms with Gasteiger partial charge < -0.3 is 27.4 Å². The SMILES string of the molecule is CNc1cccc(Nc2nc(C)nc(NC)n2)c1.Cc1nc(C)nc(C)n1.Nc1cccc(N)c1. The molecule has 4 aromatic rings. The molecule has 0 unspecified atom stereocenters. The van der Waals surface area contributed by atoms with Crippen LogP contribution in [0.2, 0.25) is 0 Å². The molecule has 0 radical (unpaired) electrons. The maximum atomic E-state index is 5.38. The number of hydrogen-bond donors (Lipinski definition) is 5. The fourth-order valence-electron chi connectivity index (χ4n) is 2.87. The van der Waals surface area contributed by atoms with Crippen LogP contribution in [0.3, 0.4) is 0 Å². The molecule has 11 heteroatoms. The summed E-state index contributed by atoms with van der Waals surface area (Å²) in [6.07, 6.45) is 0. The second-order valence-corrected chi connectivity index (χ2v) is 7.38. The van der Waals surface area contributed by atoms with Gasteiger partial charge in [-0.3, -0.25) is 0 Å². The quantitative estimate of drug-likeness (QED) is 0.273. The summed E-state index contributed by atoms with van der Waals surface area (Å²) in [5.41, 5.74) is 14.1. The van der Waals surface area contributed by atoms with Crippen molar-refractivity contribution in [1.82, 2.24) is 29.9 Å². The molecule has 0 saturated carbocycles. The lowest BCUT2D eigenvalue weighted by molar-refractivity contribution is 0.875. The van der Waals surface area contributed by atoms with Crippen molar-refractivity contribution >= 4 is 34.6 Å². The third-order valence-electron chi connectivity index (χ3n) is 4.26. The first-order chi connectivity index (χ1) is 16.7. The highest BCUT2D eigenvalue weighted by Gasteiger charge is 2.03. The van der Waals surface area contributed by atoms with Crippen molar-refractivity contribution in [3.05, 3.63) is 71.8 Å². The summed E-state index contributed by atoms with van der Waals surface area (Å²) in [5.74, 6) is 4.12. The number of anilines is 6. The Labute approximate surface area is 205 Å². The number of benzene rings is 2. The predicted octanol–water partition coefficient (Wildman–Crippen LogP) is 3.65. The van der Waals surface area contributed by atoms with Crippen molar-refractivity contribution in [1.29, 1.82) is 0 Å². The van der Waals surface area contributed by atoms with Crippen molar-refractivity contribution in [2.24, 2.45) is 0 Å². The van der Waals surface area contributed by atoms with E-state index >= 15 is 0 Å². The van der Waals surface area contributed by atoms with Gasteiger partial charge in [-0.2, -0.15) is 15.0 Å². The first-order valence-electron chi connectivity index (χ1n) is 10.9. The Morgan fingerprint density at radius 1 is 0.543 bits per heavy atom. The molecule has 0 aliphatic rings. The highest BCUT2D eigenvalue weighted by molar-refractivity contribution is 5.61. The Morgan fingerprint density at radius 2 is 1.03 bits per heavy atom. The van der Waals surface area contributed by atoms with Crippen LogP contribution >= 0.6 is 0 Å². The summed E-state index contributed by atoms with van der Waals surface area (Å²) < 4.78 is 0. The second kappa shape index (κ2) is 13.2. The third kappa shape index (κ3) is 9.86. The van der Waals surface area contributed by atoms with Gasteiger partial charge in [0.25, 0.3) is 0 Å². The zero-order valence-electron chi connectivity index (χ0n) is 21.0. The van der Waals surface area contributed by atoms with Gasteiger partial charge >= 0.3 is 0 Å². The van der Waals surface area contributed by atoms with Gasteiger partial charge in [0.1, 0.15) is 23.3 Å². The van der Waals surface area contributed by atoms with E-state index in [2.05, 4.69) is 45.9 Å². The molecule has 0 aliphatic carbocycles. The maximum Gasteiger partial charge on any atom is 0.232 e. The Hall–Kier alpha value is -4.54. The molecule has 0 atom stereocenters. The van der Waals surface area contributed by atoms with Crippen molar-refractivity contribution in [2.75, 3.05) is 41.5 Å². The van der Waals surface area contributed by atoms with Gasteiger partial charge in [0.2, 0.25) is 11.9 Å². The minimum Gasteiger partial charge on any atom is -0.399 e. The summed E-state index contributed by atoms with van der Waals surface area (Å²) in [7, 11) is 3.66. The van der Waals surface area contributed by atoms with Gasteiger partial charge in [0.15, 0.2) is 0 Å². The fourth-order valence-corrected chi connectivity index (χ4v) is 2.87. The zero-order valence-corrected chi connectivity index (χ0v) is 21.0. The Morgan fingerprint density at radius 3 is 1.51 bits per heavy atom. The van der Waals surface area contributed by atoms with Gasteiger partial charge in [0, 0.05) is 36.8 Å². The normalized spacial score (nSPS) is 9.66. The molecule has 0 fully saturated rings. The van der Waals surface area contributed by atoms with E-state index in [0.29, 0.717) is 29.1 Å². The number of nitrogens with zero attached hydrogens (tertiary/aromatic N) is 6. The molecule has 0 bridgehead atoms. The number of nitrogens with one attached hydrogen (secondary N) is 3. The van der Waals surface area contributed by atoms with Gasteiger partial charge in [-0.15, -0.1) is 0 Å². The molecule has 11 nitrogen and oxygen atoms in total. The molecule has 2 aromatic heterocycles. The van der Waals surface area contributed by atoms with Crippen LogP contribution in [0.15, 0.2) is 48.5 Å². The summed E-state index contributed by atoms with van der Waals surface area (Å²) in [4.78, 5) is 24.7. The largest absolute Gasteiger partial charge is 0.399 e. The first kappa shape index (κ1) is 26.7. The minimum absolute atomic E-state index is 0.528. The maximum absolute atomic E-state index is 5.38. The fraction of sp³-hybridized carbons (Fsp3) is 0.250. The van der Waals surface area contributed by atoms with Crippen LogP contribution in [0.25, 0.3) is 0 Å². The average Bonchev–Trinajstić information content (AvgIpc) is 2.78. The van der Waals surface area contributed by atoms with Gasteiger partial charge in [-0.25, -0.2) is 15.0 Å². The smallest absolute Gasteiger partial charge is 0.232 e. The molecule has 184 valence electrons. The summed E-state index contributed by atoms with van der Waals surface area (Å²) in [5, 5.41) is 9.14. The van der Waals surface area contributed by atoms with E-state index < -0.39 is 0 Å². The Balaban J connectivity index is 0.000000211. The van der Waals surface area contributed by atoms with E-state index in [9.17, 15) is 0 Å². The first-order valence-corrected chi connectivity index (χ1v) is 10.9. The molecule has 35 heavy (non-hydrogen) atoms. The van der Waals surface area contributed by atoms with Crippen LogP contribution in [-0.2, 0) is 0 Å². The van der Waals surface area contributed by atoms with Crippen LogP contribution in [-0.4, -0.2) is 44.0 Å². The lowest BCUT2D eigenvalue weighted by Crippen LogP contribution is -2.05. The molecule has 2 aromatic carbocycles. The number of nitrogens with two attached hydrogens (primary N) is 2. The number of aromatic nitrogens is 6. The molecular formula is C24H33N11. The summed E-state index contributed by atoms with van der Waals surface area (Å²) in [6, 6.07) is 15.0.